The molecule has 1 heterocycles. The third-order valence-electron chi connectivity index (χ3n) is 2.48. The van der Waals surface area contributed by atoms with E-state index in [1.165, 1.54) is 6.07 Å². The van der Waals surface area contributed by atoms with Crippen molar-refractivity contribution >= 4 is 23.4 Å². The van der Waals surface area contributed by atoms with E-state index in [9.17, 15) is 9.59 Å². The zero-order valence-corrected chi connectivity index (χ0v) is 11.9. The van der Waals surface area contributed by atoms with Crippen LogP contribution >= 0.6 is 11.6 Å². The van der Waals surface area contributed by atoms with Crippen molar-refractivity contribution in [1.29, 1.82) is 0 Å². The predicted octanol–water partition coefficient (Wildman–Crippen LogP) is 2.08. The van der Waals surface area contributed by atoms with E-state index in [2.05, 4.69) is 10.9 Å². The summed E-state index contributed by atoms with van der Waals surface area (Å²) in [5.41, 5.74) is 4.43. The lowest BCUT2D eigenvalue weighted by Gasteiger charge is -2.08. The van der Waals surface area contributed by atoms with Crippen LogP contribution in [0.25, 0.3) is 0 Å². The summed E-state index contributed by atoms with van der Waals surface area (Å²) < 4.78 is 10.3. The molecule has 0 spiro atoms. The molecule has 0 aliphatic carbocycles. The van der Waals surface area contributed by atoms with Gasteiger partial charge in [-0.2, -0.15) is 0 Å². The van der Waals surface area contributed by atoms with E-state index in [1.54, 1.807) is 37.3 Å². The van der Waals surface area contributed by atoms with Crippen LogP contribution in [0.3, 0.4) is 0 Å². The molecule has 7 heteroatoms. The zero-order chi connectivity index (χ0) is 15.2. The highest BCUT2D eigenvalue weighted by molar-refractivity contribution is 6.32. The Morgan fingerprint density at radius 2 is 1.95 bits per heavy atom. The van der Waals surface area contributed by atoms with Crippen LogP contribution < -0.4 is 15.6 Å². The second kappa shape index (κ2) is 6.81. The Morgan fingerprint density at radius 3 is 2.62 bits per heavy atom. The molecule has 0 aliphatic rings. The molecule has 1 aromatic heterocycles. The lowest BCUT2D eigenvalue weighted by Crippen LogP contribution is -2.43. The first kappa shape index (κ1) is 14.9. The van der Waals surface area contributed by atoms with Gasteiger partial charge in [-0.3, -0.25) is 20.4 Å². The summed E-state index contributed by atoms with van der Waals surface area (Å²) in [5, 5.41) is 0.403. The summed E-state index contributed by atoms with van der Waals surface area (Å²) in [6, 6.07) is 9.94. The van der Waals surface area contributed by atoms with Crippen LogP contribution in [-0.2, 0) is 4.79 Å². The molecular formula is C14H13ClN2O4. The molecule has 0 saturated carbocycles. The minimum atomic E-state index is -0.547. The minimum absolute atomic E-state index is 0.111. The fourth-order valence-electron chi connectivity index (χ4n) is 1.49. The lowest BCUT2D eigenvalue weighted by molar-refractivity contribution is -0.123. The second-order valence-electron chi connectivity index (χ2n) is 4.13. The van der Waals surface area contributed by atoms with Gasteiger partial charge in [0.15, 0.2) is 12.4 Å². The Hall–Kier alpha value is -2.47. The molecule has 0 atom stereocenters. The summed E-state index contributed by atoms with van der Waals surface area (Å²) in [4.78, 5) is 23.2. The van der Waals surface area contributed by atoms with Crippen LogP contribution in [0.2, 0.25) is 5.02 Å². The van der Waals surface area contributed by atoms with E-state index in [0.29, 0.717) is 16.5 Å². The average molecular weight is 309 g/mol. The topological polar surface area (TPSA) is 80.6 Å². The van der Waals surface area contributed by atoms with Crippen molar-refractivity contribution in [3.05, 3.63) is 52.9 Å². The number of benzene rings is 1. The van der Waals surface area contributed by atoms with Crippen molar-refractivity contribution in [2.24, 2.45) is 0 Å². The van der Waals surface area contributed by atoms with Crippen molar-refractivity contribution < 1.29 is 18.7 Å². The number of halogens is 1. The molecule has 0 bridgehead atoms. The molecule has 0 fully saturated rings. The van der Waals surface area contributed by atoms with Crippen LogP contribution in [-0.4, -0.2) is 18.4 Å². The third-order valence-corrected chi connectivity index (χ3v) is 2.79. The molecule has 0 radical (unpaired) electrons. The maximum absolute atomic E-state index is 11.6. The van der Waals surface area contributed by atoms with E-state index in [-0.39, 0.29) is 12.4 Å². The van der Waals surface area contributed by atoms with Crippen LogP contribution in [0.1, 0.15) is 16.3 Å². The number of hydrazine groups is 1. The Balaban J connectivity index is 1.78. The van der Waals surface area contributed by atoms with Gasteiger partial charge in [-0.25, -0.2) is 0 Å². The number of carbonyl (C=O) groups excluding carboxylic acids is 2. The fraction of sp³-hybridized carbons (Fsp3) is 0.143. The van der Waals surface area contributed by atoms with Gasteiger partial charge in [-0.1, -0.05) is 23.7 Å². The summed E-state index contributed by atoms with van der Waals surface area (Å²) in [6.07, 6.45) is 0. The first-order valence-electron chi connectivity index (χ1n) is 6.09. The molecule has 0 saturated heterocycles. The molecule has 0 unspecified atom stereocenters. The van der Waals surface area contributed by atoms with Crippen molar-refractivity contribution in [1.82, 2.24) is 10.9 Å². The Kier molecular flexibility index (Phi) is 4.84. The molecule has 2 rings (SSSR count). The van der Waals surface area contributed by atoms with Crippen molar-refractivity contribution in [2.75, 3.05) is 6.61 Å². The van der Waals surface area contributed by atoms with Gasteiger partial charge in [0.2, 0.25) is 0 Å². The van der Waals surface area contributed by atoms with Gasteiger partial charge >= 0.3 is 5.91 Å². The second-order valence-corrected chi connectivity index (χ2v) is 4.54. The van der Waals surface area contributed by atoms with E-state index < -0.39 is 11.8 Å². The predicted molar refractivity (Wildman–Crippen MR) is 76.0 cm³/mol. The molecule has 2 aromatic rings. The largest absolute Gasteiger partial charge is 0.482 e. The highest BCUT2D eigenvalue weighted by Crippen LogP contribution is 2.22. The van der Waals surface area contributed by atoms with Gasteiger partial charge in [0.25, 0.3) is 5.91 Å². The van der Waals surface area contributed by atoms with Gasteiger partial charge in [0.05, 0.1) is 5.02 Å². The Labute approximate surface area is 126 Å². The summed E-state index contributed by atoms with van der Waals surface area (Å²) >= 11 is 5.88. The molecule has 2 N–H and O–H groups in total. The molecule has 21 heavy (non-hydrogen) atoms. The number of hydrogen-bond donors (Lipinski definition) is 2. The van der Waals surface area contributed by atoms with E-state index in [1.807, 2.05) is 0 Å². The number of furan rings is 1. The number of amides is 2. The molecule has 0 aliphatic heterocycles. The maximum Gasteiger partial charge on any atom is 0.305 e. The lowest BCUT2D eigenvalue weighted by atomic mass is 10.3. The molecular weight excluding hydrogens is 296 g/mol. The van der Waals surface area contributed by atoms with Crippen molar-refractivity contribution in [3.63, 3.8) is 0 Å². The number of rotatable bonds is 4. The quantitative estimate of drug-likeness (QED) is 0.847. The standard InChI is InChI=1S/C14H13ClN2O4/c1-9-6-7-12(21-9)14(19)17-16-13(18)8-20-11-5-3-2-4-10(11)15/h2-7H,8H2,1H3,(H,16,18)(H,17,19). The normalized spacial score (nSPS) is 10.0. The van der Waals surface area contributed by atoms with E-state index in [4.69, 9.17) is 20.8 Å². The smallest absolute Gasteiger partial charge is 0.305 e. The average Bonchev–Trinajstić information content (AvgIpc) is 2.90. The van der Waals surface area contributed by atoms with Gasteiger partial charge in [-0.05, 0) is 31.2 Å². The molecule has 110 valence electrons. The molecule has 6 nitrogen and oxygen atoms in total. The first-order valence-corrected chi connectivity index (χ1v) is 6.47. The monoisotopic (exact) mass is 308 g/mol. The maximum atomic E-state index is 11.6. The number of ether oxygens (including phenoxy) is 1. The van der Waals surface area contributed by atoms with Crippen LogP contribution in [0.5, 0.6) is 5.75 Å². The van der Waals surface area contributed by atoms with Gasteiger partial charge in [0, 0.05) is 0 Å². The summed E-state index contributed by atoms with van der Waals surface area (Å²) in [5.74, 6) is 0.0383. The Bertz CT molecular complexity index is 654. The number of para-hydroxylation sites is 1. The van der Waals surface area contributed by atoms with Crippen molar-refractivity contribution in [3.8, 4) is 5.75 Å². The summed E-state index contributed by atoms with van der Waals surface area (Å²) in [7, 11) is 0. The van der Waals surface area contributed by atoms with E-state index >= 15 is 0 Å². The minimum Gasteiger partial charge on any atom is -0.482 e. The highest BCUT2D eigenvalue weighted by atomic mass is 35.5. The SMILES string of the molecule is Cc1ccc(C(=O)NNC(=O)COc2ccccc2Cl)o1. The molecule has 1 aromatic carbocycles. The summed E-state index contributed by atoms with van der Waals surface area (Å²) in [6.45, 7) is 1.44. The van der Waals surface area contributed by atoms with Crippen LogP contribution in [0, 0.1) is 6.92 Å². The van der Waals surface area contributed by atoms with Gasteiger partial charge in [0.1, 0.15) is 11.5 Å². The fourth-order valence-corrected chi connectivity index (χ4v) is 1.68. The third kappa shape index (κ3) is 4.25. The van der Waals surface area contributed by atoms with E-state index in [0.717, 1.165) is 0 Å². The molecule has 2 amide bonds. The number of hydrogen-bond acceptors (Lipinski definition) is 4. The first-order chi connectivity index (χ1) is 10.1. The zero-order valence-electron chi connectivity index (χ0n) is 11.2. The Morgan fingerprint density at radius 1 is 1.19 bits per heavy atom. The highest BCUT2D eigenvalue weighted by Gasteiger charge is 2.11. The van der Waals surface area contributed by atoms with Crippen LogP contribution in [0.15, 0.2) is 40.8 Å². The number of carbonyl (C=O) groups is 2. The van der Waals surface area contributed by atoms with Gasteiger partial charge in [-0.15, -0.1) is 0 Å². The number of aryl methyl sites for hydroxylation is 1. The van der Waals surface area contributed by atoms with Crippen molar-refractivity contribution in [2.45, 2.75) is 6.92 Å². The number of nitrogens with one attached hydrogen (secondary N) is 2. The van der Waals surface area contributed by atoms with Crippen LogP contribution in [0.4, 0.5) is 0 Å². The van der Waals surface area contributed by atoms with Gasteiger partial charge < -0.3 is 9.15 Å².